The Kier molecular flexibility index (Phi) is 3.08. The van der Waals surface area contributed by atoms with Crippen molar-refractivity contribution >= 4 is 43.6 Å². The van der Waals surface area contributed by atoms with Crippen molar-refractivity contribution in [1.29, 1.82) is 0 Å². The molecule has 1 aromatic heterocycles. The van der Waals surface area contributed by atoms with Crippen molar-refractivity contribution in [3.05, 3.63) is 21.2 Å². The van der Waals surface area contributed by atoms with Gasteiger partial charge in [0.2, 0.25) is 5.91 Å². The second kappa shape index (κ2) is 4.19. The molecule has 15 heavy (non-hydrogen) atoms. The van der Waals surface area contributed by atoms with Crippen molar-refractivity contribution in [3.63, 3.8) is 0 Å². The molecule has 2 heterocycles. The van der Waals surface area contributed by atoms with Crippen LogP contribution >= 0.6 is 31.9 Å². The maximum absolute atomic E-state index is 11.6. The van der Waals surface area contributed by atoms with Crippen molar-refractivity contribution in [3.8, 4) is 0 Å². The number of nitrogens with zero attached hydrogens (tertiary/aromatic N) is 2. The maximum Gasteiger partial charge on any atom is 0.229 e. The summed E-state index contributed by atoms with van der Waals surface area (Å²) in [5.41, 5.74) is 5.72. The van der Waals surface area contributed by atoms with Crippen LogP contribution in [0.1, 0.15) is 6.42 Å². The highest BCUT2D eigenvalue weighted by molar-refractivity contribution is 9.11. The molecule has 4 nitrogen and oxygen atoms in total. The van der Waals surface area contributed by atoms with Crippen LogP contribution < -0.4 is 10.6 Å². The lowest BCUT2D eigenvalue weighted by Gasteiger charge is -2.16. The monoisotopic (exact) mass is 333 g/mol. The molecule has 1 aliphatic heterocycles. The Labute approximate surface area is 104 Å². The number of aromatic nitrogens is 1. The molecule has 2 rings (SSSR count). The normalized spacial score (nSPS) is 21.1. The molecule has 0 aromatic carbocycles. The minimum atomic E-state index is -0.0881. The van der Waals surface area contributed by atoms with Gasteiger partial charge in [0, 0.05) is 29.7 Å². The molecule has 0 bridgehead atoms. The van der Waals surface area contributed by atoms with Gasteiger partial charge in [0.15, 0.2) is 0 Å². The third-order valence-electron chi connectivity index (χ3n) is 2.20. The Balaban J connectivity index is 2.34. The van der Waals surface area contributed by atoms with Crippen LogP contribution in [0.5, 0.6) is 0 Å². The van der Waals surface area contributed by atoms with E-state index < -0.39 is 0 Å². The Morgan fingerprint density at radius 2 is 2.27 bits per heavy atom. The Hall–Kier alpha value is -0.460. The molecule has 6 heteroatoms. The number of hydrogen-bond acceptors (Lipinski definition) is 3. The zero-order valence-corrected chi connectivity index (χ0v) is 11.0. The van der Waals surface area contributed by atoms with E-state index in [0.717, 1.165) is 8.95 Å². The largest absolute Gasteiger partial charge is 0.326 e. The summed E-state index contributed by atoms with van der Waals surface area (Å²) in [5.74, 6) is 0.661. The van der Waals surface area contributed by atoms with E-state index in [4.69, 9.17) is 5.73 Å². The predicted molar refractivity (Wildman–Crippen MR) is 64.6 cm³/mol. The van der Waals surface area contributed by atoms with Gasteiger partial charge in [-0.1, -0.05) is 0 Å². The van der Waals surface area contributed by atoms with E-state index in [1.54, 1.807) is 11.1 Å². The third-order valence-corrected chi connectivity index (χ3v) is 3.22. The SMILES string of the molecule is NC1CC(=O)N(c2ncc(Br)cc2Br)C1. The number of carbonyl (C=O) groups is 1. The van der Waals surface area contributed by atoms with E-state index in [2.05, 4.69) is 36.8 Å². The van der Waals surface area contributed by atoms with Gasteiger partial charge < -0.3 is 5.73 Å². The molecule has 1 saturated heterocycles. The van der Waals surface area contributed by atoms with Gasteiger partial charge in [0.25, 0.3) is 0 Å². The van der Waals surface area contributed by atoms with Gasteiger partial charge in [-0.15, -0.1) is 0 Å². The fourth-order valence-corrected chi connectivity index (χ4v) is 2.75. The van der Waals surface area contributed by atoms with Crippen LogP contribution in [0, 0.1) is 0 Å². The Bertz CT molecular complexity index is 410. The van der Waals surface area contributed by atoms with Crippen LogP contribution in [-0.4, -0.2) is 23.5 Å². The van der Waals surface area contributed by atoms with Crippen molar-refractivity contribution in [1.82, 2.24) is 4.98 Å². The fourth-order valence-electron chi connectivity index (χ4n) is 1.55. The van der Waals surface area contributed by atoms with E-state index >= 15 is 0 Å². The van der Waals surface area contributed by atoms with Crippen LogP contribution in [0.3, 0.4) is 0 Å². The van der Waals surface area contributed by atoms with Gasteiger partial charge in [0.05, 0.1) is 4.47 Å². The number of rotatable bonds is 1. The Morgan fingerprint density at radius 3 is 2.80 bits per heavy atom. The molecule has 80 valence electrons. The average Bonchev–Trinajstić information content (AvgIpc) is 2.45. The van der Waals surface area contributed by atoms with Crippen molar-refractivity contribution in [2.75, 3.05) is 11.4 Å². The first-order valence-electron chi connectivity index (χ1n) is 4.45. The molecule has 1 unspecified atom stereocenters. The lowest BCUT2D eigenvalue weighted by Crippen LogP contribution is -2.28. The van der Waals surface area contributed by atoms with Crippen molar-refractivity contribution < 1.29 is 4.79 Å². The van der Waals surface area contributed by atoms with E-state index in [1.165, 1.54) is 0 Å². The van der Waals surface area contributed by atoms with Gasteiger partial charge in [-0.25, -0.2) is 4.98 Å². The predicted octanol–water partition coefficient (Wildman–Crippen LogP) is 1.67. The number of pyridine rings is 1. The lowest BCUT2D eigenvalue weighted by atomic mass is 10.3. The van der Waals surface area contributed by atoms with Gasteiger partial charge in [0.1, 0.15) is 5.82 Å². The first-order valence-corrected chi connectivity index (χ1v) is 6.03. The second-order valence-corrected chi connectivity index (χ2v) is 5.20. The molecule has 0 aliphatic carbocycles. The minimum Gasteiger partial charge on any atom is -0.326 e. The Morgan fingerprint density at radius 1 is 1.53 bits per heavy atom. The number of nitrogens with two attached hydrogens (primary N) is 1. The molecule has 1 aliphatic rings. The highest BCUT2D eigenvalue weighted by Crippen LogP contribution is 2.29. The van der Waals surface area contributed by atoms with Crippen LogP contribution in [0.25, 0.3) is 0 Å². The second-order valence-electron chi connectivity index (χ2n) is 3.43. The van der Waals surface area contributed by atoms with Crippen LogP contribution in [0.15, 0.2) is 21.2 Å². The van der Waals surface area contributed by atoms with Gasteiger partial charge in [-0.3, -0.25) is 9.69 Å². The molecule has 0 spiro atoms. The average molecular weight is 335 g/mol. The zero-order valence-electron chi connectivity index (χ0n) is 7.78. The van der Waals surface area contributed by atoms with Crippen LogP contribution in [0.2, 0.25) is 0 Å². The van der Waals surface area contributed by atoms with Gasteiger partial charge in [-0.05, 0) is 37.9 Å². The number of anilines is 1. The van der Waals surface area contributed by atoms with Gasteiger partial charge >= 0.3 is 0 Å². The summed E-state index contributed by atoms with van der Waals surface area (Å²) in [7, 11) is 0. The summed E-state index contributed by atoms with van der Waals surface area (Å²) in [6.45, 7) is 0.534. The smallest absolute Gasteiger partial charge is 0.229 e. The molecule has 1 fully saturated rings. The minimum absolute atomic E-state index is 0.0259. The number of amides is 1. The first kappa shape index (κ1) is 11.0. The van der Waals surface area contributed by atoms with Crippen molar-refractivity contribution in [2.45, 2.75) is 12.5 Å². The highest BCUT2D eigenvalue weighted by Gasteiger charge is 2.30. The quantitative estimate of drug-likeness (QED) is 0.849. The molecule has 1 amide bonds. The number of carbonyl (C=O) groups excluding carboxylic acids is 1. The van der Waals surface area contributed by atoms with Crippen LogP contribution in [-0.2, 0) is 4.79 Å². The van der Waals surface area contributed by atoms with E-state index in [0.29, 0.717) is 18.8 Å². The molecule has 0 radical (unpaired) electrons. The summed E-state index contributed by atoms with van der Waals surface area (Å²) in [6.07, 6.45) is 2.06. The van der Waals surface area contributed by atoms with Crippen molar-refractivity contribution in [2.24, 2.45) is 5.73 Å². The maximum atomic E-state index is 11.6. The lowest BCUT2D eigenvalue weighted by molar-refractivity contribution is -0.117. The molecule has 2 N–H and O–H groups in total. The molecular formula is C9H9Br2N3O. The van der Waals surface area contributed by atoms with E-state index in [1.807, 2.05) is 6.07 Å². The number of halogens is 2. The zero-order chi connectivity index (χ0) is 11.0. The molecular weight excluding hydrogens is 326 g/mol. The van der Waals surface area contributed by atoms with Crippen LogP contribution in [0.4, 0.5) is 5.82 Å². The van der Waals surface area contributed by atoms with E-state index in [9.17, 15) is 4.79 Å². The first-order chi connectivity index (χ1) is 7.08. The number of hydrogen-bond donors (Lipinski definition) is 1. The summed E-state index contributed by atoms with van der Waals surface area (Å²) >= 11 is 6.69. The third kappa shape index (κ3) is 2.21. The van der Waals surface area contributed by atoms with E-state index in [-0.39, 0.29) is 11.9 Å². The summed E-state index contributed by atoms with van der Waals surface area (Å²) in [4.78, 5) is 17.4. The summed E-state index contributed by atoms with van der Waals surface area (Å²) < 4.78 is 1.66. The molecule has 1 aromatic rings. The standard InChI is InChI=1S/C9H9Br2N3O/c10-5-1-7(11)9(13-3-5)14-4-6(12)2-8(14)15/h1,3,6H,2,4,12H2. The molecule has 0 saturated carbocycles. The highest BCUT2D eigenvalue weighted by atomic mass is 79.9. The summed E-state index contributed by atoms with van der Waals surface area (Å²) in [5, 5.41) is 0. The summed E-state index contributed by atoms with van der Waals surface area (Å²) in [6, 6.07) is 1.77. The van der Waals surface area contributed by atoms with Gasteiger partial charge in [-0.2, -0.15) is 0 Å². The topological polar surface area (TPSA) is 59.2 Å². The fraction of sp³-hybridized carbons (Fsp3) is 0.333. The molecule has 1 atom stereocenters.